The normalized spacial score (nSPS) is 11.1. The molecule has 0 atom stereocenters. The highest BCUT2D eigenvalue weighted by molar-refractivity contribution is 6.33. The monoisotopic (exact) mass is 332 g/mol. The number of nitriles is 1. The summed E-state index contributed by atoms with van der Waals surface area (Å²) in [6.07, 6.45) is 1.73. The average molecular weight is 333 g/mol. The Morgan fingerprint density at radius 2 is 1.83 bits per heavy atom. The first-order valence-electron chi connectivity index (χ1n) is 7.55. The number of rotatable bonds is 1. The zero-order chi connectivity index (χ0) is 16.8. The van der Waals surface area contributed by atoms with E-state index in [0.717, 1.165) is 27.8 Å². The van der Waals surface area contributed by atoms with E-state index in [1.54, 1.807) is 10.6 Å². The fraction of sp³-hybridized carbons (Fsp3) is 0.105. The second-order valence-corrected chi connectivity index (χ2v) is 6.07. The predicted molar refractivity (Wildman–Crippen MR) is 95.1 cm³/mol. The van der Waals surface area contributed by atoms with Crippen molar-refractivity contribution in [2.75, 3.05) is 0 Å². The lowest BCUT2D eigenvalue weighted by atomic mass is 9.99. The molecule has 0 saturated carbocycles. The maximum atomic E-state index is 9.71. The molecule has 3 heterocycles. The van der Waals surface area contributed by atoms with Crippen LogP contribution in [0.2, 0.25) is 5.15 Å². The molecule has 0 N–H and O–H groups in total. The minimum absolute atomic E-state index is 0.522. The molecule has 4 rings (SSSR count). The number of aryl methyl sites for hydroxylation is 1. The summed E-state index contributed by atoms with van der Waals surface area (Å²) in [7, 11) is 0. The zero-order valence-electron chi connectivity index (χ0n) is 13.2. The van der Waals surface area contributed by atoms with Gasteiger partial charge in [-0.1, -0.05) is 41.9 Å². The summed E-state index contributed by atoms with van der Waals surface area (Å²) >= 11 is 6.76. The molecule has 0 spiro atoms. The van der Waals surface area contributed by atoms with E-state index in [0.29, 0.717) is 22.0 Å². The molecule has 3 aromatic heterocycles. The fourth-order valence-corrected chi connectivity index (χ4v) is 3.49. The van der Waals surface area contributed by atoms with Crippen LogP contribution in [-0.2, 0) is 0 Å². The van der Waals surface area contributed by atoms with Gasteiger partial charge in [0.2, 0.25) is 0 Å². The Hall–Kier alpha value is -2.90. The van der Waals surface area contributed by atoms with Gasteiger partial charge in [0.1, 0.15) is 16.7 Å². The SMILES string of the molecule is Cc1c(-c2ccccc2)c(Cl)n2c(nc3c(C)ccnc32)c1C#N. The zero-order valence-corrected chi connectivity index (χ0v) is 14.0. The molecule has 24 heavy (non-hydrogen) atoms. The molecule has 0 bridgehead atoms. The first-order chi connectivity index (χ1) is 11.6. The maximum Gasteiger partial charge on any atom is 0.165 e. The lowest BCUT2D eigenvalue weighted by Gasteiger charge is -2.13. The van der Waals surface area contributed by atoms with E-state index >= 15 is 0 Å². The topological polar surface area (TPSA) is 54.0 Å². The number of nitrogens with zero attached hydrogens (tertiary/aromatic N) is 4. The molecule has 0 unspecified atom stereocenters. The van der Waals surface area contributed by atoms with Gasteiger partial charge in [0.15, 0.2) is 11.3 Å². The Labute approximate surface area is 144 Å². The van der Waals surface area contributed by atoms with Gasteiger partial charge in [0, 0.05) is 11.8 Å². The number of aromatic nitrogens is 3. The molecule has 0 aliphatic heterocycles. The van der Waals surface area contributed by atoms with Gasteiger partial charge in [-0.15, -0.1) is 0 Å². The summed E-state index contributed by atoms with van der Waals surface area (Å²) in [5.41, 5.74) is 6.14. The van der Waals surface area contributed by atoms with Crippen LogP contribution in [0.3, 0.4) is 0 Å². The molecule has 0 amide bonds. The van der Waals surface area contributed by atoms with Crippen molar-refractivity contribution in [2.24, 2.45) is 0 Å². The molecular formula is C19H13ClN4. The highest BCUT2D eigenvalue weighted by Crippen LogP contribution is 2.36. The van der Waals surface area contributed by atoms with E-state index in [2.05, 4.69) is 16.0 Å². The Bertz CT molecular complexity index is 1140. The van der Waals surface area contributed by atoms with Crippen LogP contribution in [0.15, 0.2) is 42.6 Å². The van der Waals surface area contributed by atoms with Crippen molar-refractivity contribution in [2.45, 2.75) is 13.8 Å². The number of halogens is 1. The van der Waals surface area contributed by atoms with Crippen LogP contribution in [0, 0.1) is 25.2 Å². The standard InChI is InChI=1S/C19H13ClN4/c1-11-8-9-22-19-16(11)23-18-14(10-21)12(2)15(17(20)24(18)19)13-6-4-3-5-7-13/h3-9H,1-2H3. The number of benzene rings is 1. The molecule has 5 heteroatoms. The molecule has 0 fully saturated rings. The minimum Gasteiger partial charge on any atom is -0.265 e. The largest absolute Gasteiger partial charge is 0.265 e. The highest BCUT2D eigenvalue weighted by atomic mass is 35.5. The number of imidazole rings is 1. The minimum atomic E-state index is 0.522. The molecule has 4 nitrogen and oxygen atoms in total. The van der Waals surface area contributed by atoms with Gasteiger partial charge in [0.05, 0.1) is 5.56 Å². The average Bonchev–Trinajstić information content (AvgIpc) is 2.97. The Kier molecular flexibility index (Phi) is 3.26. The summed E-state index contributed by atoms with van der Waals surface area (Å²) in [5.74, 6) is 0. The van der Waals surface area contributed by atoms with Crippen molar-refractivity contribution >= 4 is 28.4 Å². The summed E-state index contributed by atoms with van der Waals surface area (Å²) in [6.45, 7) is 3.88. The van der Waals surface area contributed by atoms with Gasteiger partial charge in [-0.25, -0.2) is 9.97 Å². The van der Waals surface area contributed by atoms with Crippen molar-refractivity contribution in [3.63, 3.8) is 0 Å². The van der Waals surface area contributed by atoms with Crippen molar-refractivity contribution in [1.29, 1.82) is 5.26 Å². The van der Waals surface area contributed by atoms with Crippen LogP contribution >= 0.6 is 11.6 Å². The number of hydrogen-bond acceptors (Lipinski definition) is 3. The second-order valence-electron chi connectivity index (χ2n) is 5.71. The van der Waals surface area contributed by atoms with E-state index in [-0.39, 0.29) is 0 Å². The highest BCUT2D eigenvalue weighted by Gasteiger charge is 2.21. The molecule has 1 aromatic carbocycles. The van der Waals surface area contributed by atoms with Gasteiger partial charge in [0.25, 0.3) is 0 Å². The van der Waals surface area contributed by atoms with E-state index in [4.69, 9.17) is 11.6 Å². The summed E-state index contributed by atoms with van der Waals surface area (Å²) < 4.78 is 1.78. The second kappa shape index (κ2) is 5.33. The van der Waals surface area contributed by atoms with E-state index in [1.165, 1.54) is 0 Å². The molecule has 0 saturated heterocycles. The Morgan fingerprint density at radius 3 is 2.54 bits per heavy atom. The first-order valence-corrected chi connectivity index (χ1v) is 7.92. The van der Waals surface area contributed by atoms with Crippen molar-refractivity contribution in [3.8, 4) is 17.2 Å². The molecule has 0 aliphatic carbocycles. The van der Waals surface area contributed by atoms with Crippen LogP contribution in [0.4, 0.5) is 0 Å². The number of pyridine rings is 2. The van der Waals surface area contributed by atoms with Gasteiger partial charge in [-0.2, -0.15) is 5.26 Å². The van der Waals surface area contributed by atoms with Gasteiger partial charge in [-0.3, -0.25) is 4.40 Å². The predicted octanol–water partition coefficient (Wildman–Crippen LogP) is 4.69. The van der Waals surface area contributed by atoms with Crippen LogP contribution in [-0.4, -0.2) is 14.4 Å². The smallest absolute Gasteiger partial charge is 0.165 e. The summed E-state index contributed by atoms with van der Waals surface area (Å²) in [6, 6.07) is 14.0. The number of fused-ring (bicyclic) bond motifs is 3. The van der Waals surface area contributed by atoms with E-state index in [1.807, 2.05) is 50.2 Å². The van der Waals surface area contributed by atoms with Crippen molar-refractivity contribution < 1.29 is 0 Å². The third kappa shape index (κ3) is 1.92. The maximum absolute atomic E-state index is 9.71. The van der Waals surface area contributed by atoms with Crippen molar-refractivity contribution in [1.82, 2.24) is 14.4 Å². The van der Waals surface area contributed by atoms with Crippen LogP contribution in [0.1, 0.15) is 16.7 Å². The van der Waals surface area contributed by atoms with Crippen LogP contribution in [0.5, 0.6) is 0 Å². The first kappa shape index (κ1) is 14.7. The third-order valence-corrected chi connectivity index (χ3v) is 4.66. The fourth-order valence-electron chi connectivity index (χ4n) is 3.08. The summed E-state index contributed by atoms with van der Waals surface area (Å²) in [5, 5.41) is 10.2. The Balaban J connectivity index is 2.26. The van der Waals surface area contributed by atoms with E-state index in [9.17, 15) is 5.26 Å². The summed E-state index contributed by atoms with van der Waals surface area (Å²) in [4.78, 5) is 9.07. The molecule has 4 aromatic rings. The third-order valence-electron chi connectivity index (χ3n) is 4.30. The van der Waals surface area contributed by atoms with Gasteiger partial charge in [-0.05, 0) is 36.6 Å². The van der Waals surface area contributed by atoms with Gasteiger partial charge < -0.3 is 0 Å². The van der Waals surface area contributed by atoms with Gasteiger partial charge >= 0.3 is 0 Å². The Morgan fingerprint density at radius 1 is 1.08 bits per heavy atom. The lowest BCUT2D eigenvalue weighted by molar-refractivity contribution is 1.16. The van der Waals surface area contributed by atoms with E-state index < -0.39 is 0 Å². The number of hydrogen-bond donors (Lipinski definition) is 0. The lowest BCUT2D eigenvalue weighted by Crippen LogP contribution is -2.00. The quantitative estimate of drug-likeness (QED) is 0.475. The van der Waals surface area contributed by atoms with Crippen molar-refractivity contribution in [3.05, 3.63) is 64.4 Å². The molecule has 0 aliphatic rings. The molecular weight excluding hydrogens is 320 g/mol. The molecule has 116 valence electrons. The molecule has 0 radical (unpaired) electrons. The van der Waals surface area contributed by atoms with Crippen LogP contribution in [0.25, 0.3) is 27.9 Å². The van der Waals surface area contributed by atoms with Crippen LogP contribution < -0.4 is 0 Å².